The van der Waals surface area contributed by atoms with Gasteiger partial charge in [0, 0.05) is 5.56 Å². The minimum absolute atomic E-state index is 0.139. The predicted octanol–water partition coefficient (Wildman–Crippen LogP) is 2.49. The highest BCUT2D eigenvalue weighted by atomic mass is 16.4. The van der Waals surface area contributed by atoms with Gasteiger partial charge in [-0.05, 0) is 44.7 Å². The van der Waals surface area contributed by atoms with Crippen molar-refractivity contribution in [2.75, 3.05) is 0 Å². The van der Waals surface area contributed by atoms with E-state index in [4.69, 9.17) is 0 Å². The molecule has 1 saturated carbocycles. The number of benzene rings is 1. The molecule has 0 unspecified atom stereocenters. The van der Waals surface area contributed by atoms with Crippen molar-refractivity contribution in [1.29, 1.82) is 5.26 Å². The molecule has 4 nitrogen and oxygen atoms in total. The summed E-state index contributed by atoms with van der Waals surface area (Å²) in [4.78, 5) is 11.3. The number of carbonyl (C=O) groups is 1. The molecule has 0 saturated heterocycles. The highest BCUT2D eigenvalue weighted by Gasteiger charge is 2.51. The summed E-state index contributed by atoms with van der Waals surface area (Å²) in [6.07, 6.45) is 2.13. The zero-order valence-electron chi connectivity index (χ0n) is 12.1. The highest BCUT2D eigenvalue weighted by Crippen LogP contribution is 2.48. The second-order valence-corrected chi connectivity index (χ2v) is 5.67. The predicted molar refractivity (Wildman–Crippen MR) is 77.5 cm³/mol. The number of hydrogen-bond acceptors (Lipinski definition) is 3. The molecule has 0 radical (unpaired) electrons. The van der Waals surface area contributed by atoms with E-state index in [0.29, 0.717) is 24.0 Å². The van der Waals surface area contributed by atoms with Crippen LogP contribution in [0.1, 0.15) is 47.7 Å². The summed E-state index contributed by atoms with van der Waals surface area (Å²) in [7, 11) is 0. The Kier molecular flexibility index (Phi) is 3.77. The lowest BCUT2D eigenvalue weighted by Crippen LogP contribution is -2.48. The zero-order valence-corrected chi connectivity index (χ0v) is 12.1. The van der Waals surface area contributed by atoms with Gasteiger partial charge in [-0.25, -0.2) is 4.79 Å². The van der Waals surface area contributed by atoms with Gasteiger partial charge in [-0.15, -0.1) is 0 Å². The van der Waals surface area contributed by atoms with E-state index in [1.807, 2.05) is 0 Å². The Labute approximate surface area is 124 Å². The standard InChI is InChI=1S/C17H17NO3/c1-12-5-3-6-13(14(12)15(19)20)7-10-16(2,21)17(11-18)8-4-9-17/h3,5-6,21H,4,8-9H2,1-2H3,(H,19,20)/t16-/m1/s1. The number of nitriles is 1. The van der Waals surface area contributed by atoms with E-state index in [0.717, 1.165) is 6.42 Å². The Morgan fingerprint density at radius 2 is 2.10 bits per heavy atom. The summed E-state index contributed by atoms with van der Waals surface area (Å²) in [5, 5.41) is 29.0. The van der Waals surface area contributed by atoms with Crippen molar-refractivity contribution >= 4 is 5.97 Å². The largest absolute Gasteiger partial charge is 0.478 e. The SMILES string of the molecule is Cc1cccc(C#C[C@@](C)(O)C2(C#N)CCC2)c1C(=O)O. The van der Waals surface area contributed by atoms with E-state index in [1.165, 1.54) is 6.92 Å². The lowest BCUT2D eigenvalue weighted by Gasteiger charge is -2.43. The molecule has 0 heterocycles. The van der Waals surface area contributed by atoms with Crippen LogP contribution in [0.2, 0.25) is 0 Å². The molecule has 1 aliphatic rings. The Bertz CT molecular complexity index is 682. The van der Waals surface area contributed by atoms with Gasteiger partial charge in [0.15, 0.2) is 0 Å². The van der Waals surface area contributed by atoms with Crippen LogP contribution in [0.3, 0.4) is 0 Å². The smallest absolute Gasteiger partial charge is 0.337 e. The van der Waals surface area contributed by atoms with Crippen LogP contribution in [-0.4, -0.2) is 21.8 Å². The summed E-state index contributed by atoms with van der Waals surface area (Å²) in [5.41, 5.74) is -1.17. The minimum atomic E-state index is -1.44. The molecule has 2 N–H and O–H groups in total. The maximum Gasteiger partial charge on any atom is 0.337 e. The molecule has 0 amide bonds. The van der Waals surface area contributed by atoms with Crippen LogP contribution < -0.4 is 0 Å². The number of rotatable bonds is 2. The van der Waals surface area contributed by atoms with Crippen LogP contribution in [0.15, 0.2) is 18.2 Å². The molecule has 4 heteroatoms. The number of aromatic carboxylic acids is 1. The molecule has 1 atom stereocenters. The second kappa shape index (κ2) is 5.24. The van der Waals surface area contributed by atoms with Gasteiger partial charge in [-0.2, -0.15) is 5.26 Å². The summed E-state index contributed by atoms with van der Waals surface area (Å²) in [6.45, 7) is 3.23. The number of aliphatic hydroxyl groups is 1. The molecule has 1 aromatic rings. The van der Waals surface area contributed by atoms with Crippen LogP contribution in [0.5, 0.6) is 0 Å². The normalized spacial score (nSPS) is 18.4. The highest BCUT2D eigenvalue weighted by molar-refractivity contribution is 5.92. The quantitative estimate of drug-likeness (QED) is 0.817. The minimum Gasteiger partial charge on any atom is -0.478 e. The molecule has 2 rings (SSSR count). The van der Waals surface area contributed by atoms with E-state index in [2.05, 4.69) is 17.9 Å². The van der Waals surface area contributed by atoms with Gasteiger partial charge in [-0.3, -0.25) is 0 Å². The Hall–Kier alpha value is -2.30. The van der Waals surface area contributed by atoms with Crippen LogP contribution >= 0.6 is 0 Å². The summed E-state index contributed by atoms with van der Waals surface area (Å²) >= 11 is 0. The van der Waals surface area contributed by atoms with Crippen molar-refractivity contribution in [2.24, 2.45) is 5.41 Å². The maximum atomic E-state index is 11.3. The number of carboxylic acids is 1. The second-order valence-electron chi connectivity index (χ2n) is 5.67. The summed E-state index contributed by atoms with van der Waals surface area (Å²) in [5.74, 6) is 4.42. The average molecular weight is 283 g/mol. The van der Waals surface area contributed by atoms with Crippen LogP contribution in [0, 0.1) is 35.5 Å². The van der Waals surface area contributed by atoms with Gasteiger partial charge >= 0.3 is 5.97 Å². The third-order valence-corrected chi connectivity index (χ3v) is 4.28. The zero-order chi connectivity index (χ0) is 15.7. The van der Waals surface area contributed by atoms with E-state index in [9.17, 15) is 20.3 Å². The molecular weight excluding hydrogens is 266 g/mol. The third-order valence-electron chi connectivity index (χ3n) is 4.28. The van der Waals surface area contributed by atoms with Crippen LogP contribution in [0.4, 0.5) is 0 Å². The first-order valence-electron chi connectivity index (χ1n) is 6.83. The van der Waals surface area contributed by atoms with Gasteiger partial charge in [0.2, 0.25) is 0 Å². The van der Waals surface area contributed by atoms with E-state index in [1.54, 1.807) is 25.1 Å². The maximum absolute atomic E-state index is 11.3. The van der Waals surface area contributed by atoms with Crippen molar-refractivity contribution in [1.82, 2.24) is 0 Å². The van der Waals surface area contributed by atoms with Gasteiger partial charge in [0.1, 0.15) is 5.60 Å². The van der Waals surface area contributed by atoms with E-state index in [-0.39, 0.29) is 5.56 Å². The number of hydrogen-bond donors (Lipinski definition) is 2. The first kappa shape index (κ1) is 15.1. The van der Waals surface area contributed by atoms with Crippen LogP contribution in [-0.2, 0) is 0 Å². The van der Waals surface area contributed by atoms with E-state index >= 15 is 0 Å². The topological polar surface area (TPSA) is 81.3 Å². The Morgan fingerprint density at radius 1 is 1.43 bits per heavy atom. The number of aryl methyl sites for hydroxylation is 1. The van der Waals surface area contributed by atoms with Gasteiger partial charge < -0.3 is 10.2 Å². The molecule has 0 aromatic heterocycles. The lowest BCUT2D eigenvalue weighted by atomic mass is 9.60. The molecule has 1 aromatic carbocycles. The molecule has 0 bridgehead atoms. The first-order chi connectivity index (χ1) is 9.83. The molecule has 1 fully saturated rings. The van der Waals surface area contributed by atoms with Crippen molar-refractivity contribution in [3.05, 3.63) is 34.9 Å². The van der Waals surface area contributed by atoms with Crippen LogP contribution in [0.25, 0.3) is 0 Å². The lowest BCUT2D eigenvalue weighted by molar-refractivity contribution is -0.0336. The van der Waals surface area contributed by atoms with Crippen molar-refractivity contribution in [3.63, 3.8) is 0 Å². The van der Waals surface area contributed by atoms with Crippen molar-refractivity contribution in [2.45, 2.75) is 38.7 Å². The van der Waals surface area contributed by atoms with Gasteiger partial charge in [0.25, 0.3) is 0 Å². The fourth-order valence-electron chi connectivity index (χ4n) is 2.60. The molecular formula is C17H17NO3. The summed E-state index contributed by atoms with van der Waals surface area (Å²) in [6, 6.07) is 7.21. The Balaban J connectivity index is 2.43. The van der Waals surface area contributed by atoms with Gasteiger partial charge in [-0.1, -0.05) is 24.0 Å². The number of carboxylic acid groups (broad SMARTS) is 1. The van der Waals surface area contributed by atoms with E-state index < -0.39 is 17.0 Å². The monoisotopic (exact) mass is 283 g/mol. The Morgan fingerprint density at radius 3 is 2.57 bits per heavy atom. The fraction of sp³-hybridized carbons (Fsp3) is 0.412. The molecule has 0 spiro atoms. The summed E-state index contributed by atoms with van der Waals surface area (Å²) < 4.78 is 0. The molecule has 1 aliphatic carbocycles. The fourth-order valence-corrected chi connectivity index (χ4v) is 2.60. The number of nitrogens with zero attached hydrogens (tertiary/aromatic N) is 1. The molecule has 21 heavy (non-hydrogen) atoms. The van der Waals surface area contributed by atoms with Gasteiger partial charge in [0.05, 0.1) is 17.0 Å². The van der Waals surface area contributed by atoms with Crippen molar-refractivity contribution < 1.29 is 15.0 Å². The van der Waals surface area contributed by atoms with Crippen molar-refractivity contribution in [3.8, 4) is 17.9 Å². The molecule has 108 valence electrons. The molecule has 0 aliphatic heterocycles. The third kappa shape index (κ3) is 2.51. The first-order valence-corrected chi connectivity index (χ1v) is 6.83. The average Bonchev–Trinajstić information content (AvgIpc) is 2.35.